The van der Waals surface area contributed by atoms with Gasteiger partial charge in [-0.05, 0) is 51.7 Å². The molecule has 4 aromatic rings. The number of ether oxygens (including phenoxy) is 5. The number of benzene rings is 1. The number of nitrogens with two attached hydrogens (primary N) is 2. The van der Waals surface area contributed by atoms with Crippen LogP contribution in [0.25, 0.3) is 11.2 Å². The van der Waals surface area contributed by atoms with Gasteiger partial charge in [-0.2, -0.15) is 4.98 Å². The summed E-state index contributed by atoms with van der Waals surface area (Å²) in [5, 5.41) is 16.8. The first kappa shape index (κ1) is 51.7. The highest BCUT2D eigenvalue weighted by Crippen LogP contribution is 2.50. The van der Waals surface area contributed by atoms with E-state index in [9.17, 15) is 48.1 Å². The molecule has 28 nitrogen and oxygen atoms in total. The molecule has 3 unspecified atom stereocenters. The number of aliphatic hydroxyl groups is 1. The summed E-state index contributed by atoms with van der Waals surface area (Å²) in [6, 6.07) is 8.88. The third kappa shape index (κ3) is 14.4. The molecule has 5 heterocycles. The number of unbranched alkanes of at least 4 members (excludes halogenated alkanes) is 1. The van der Waals surface area contributed by atoms with E-state index in [1.54, 1.807) is 45.0 Å². The molecule has 30 heteroatoms. The van der Waals surface area contributed by atoms with Gasteiger partial charge in [0.15, 0.2) is 23.8 Å². The second-order valence-electron chi connectivity index (χ2n) is 16.3. The van der Waals surface area contributed by atoms with Gasteiger partial charge in [0.05, 0.1) is 19.5 Å². The molecule has 2 aliphatic heterocycles. The van der Waals surface area contributed by atoms with Crippen molar-refractivity contribution in [3.05, 3.63) is 71.3 Å². The number of alkyl carbamates (subject to hydrolysis) is 2. The molecule has 6 rings (SSSR count). The highest BCUT2D eigenvalue weighted by atomic mass is 31.2. The predicted octanol–water partition coefficient (Wildman–Crippen LogP) is 1.31. The molecule has 372 valence electrons. The number of carbonyl (C=O) groups excluding carboxylic acids is 3. The van der Waals surface area contributed by atoms with Crippen LogP contribution in [0.15, 0.2) is 60.0 Å². The zero-order valence-electron chi connectivity index (χ0n) is 36.7. The average Bonchev–Trinajstić information content (AvgIpc) is 3.95. The maximum atomic E-state index is 14.0. The molecule has 0 radical (unpaired) electrons. The zero-order chi connectivity index (χ0) is 49.4. The Labute approximate surface area is 386 Å². The van der Waals surface area contributed by atoms with Crippen LogP contribution in [0, 0.1) is 0 Å². The summed E-state index contributed by atoms with van der Waals surface area (Å²) in [7, 11) is -10.4. The first-order valence-corrected chi connectivity index (χ1v) is 23.9. The van der Waals surface area contributed by atoms with E-state index >= 15 is 0 Å². The Morgan fingerprint density at radius 2 is 1.69 bits per heavy atom. The van der Waals surface area contributed by atoms with Crippen LogP contribution in [0.5, 0.6) is 0 Å². The largest absolute Gasteiger partial charge is 0.472 e. The number of aromatic nitrogens is 6. The minimum absolute atomic E-state index is 0.0158. The summed E-state index contributed by atoms with van der Waals surface area (Å²) < 4.78 is 70.9. The monoisotopic (exact) mass is 998 g/mol. The van der Waals surface area contributed by atoms with E-state index in [0.29, 0.717) is 6.42 Å². The number of aliphatic hydroxyl groups excluding tert-OH is 1. The lowest BCUT2D eigenvalue weighted by Crippen LogP contribution is -2.47. The first-order valence-electron chi connectivity index (χ1n) is 20.8. The molecule has 2 saturated heterocycles. The summed E-state index contributed by atoms with van der Waals surface area (Å²) in [5.41, 5.74) is 10.7. The first-order chi connectivity index (χ1) is 32.1. The standard InChI is InChI=1S/C38H52N10O18P2/c1-38(2,3)65-37(53)45-22(11-7-8-13-41-36(52)59-16-21-9-5-4-6-10-21)34(50)64-30-25(63-33(29(30)49)48-20-44-28-31(40)42-19-43-32(28)48)18-61-68(57,58)66-23-15-27(47-14-12-26(39)46-35(47)51)62-24(23)17-60-67(54,55)56/h4-6,9-10,12,14,19-20,22-25,27,29-30,33,49H,7-8,11,13,15-18H2,1-3H3,(H,41,52)(H,45,53)(H,57,58)(H2,39,46,51)(H2,40,42,43)(H2,54,55,56)/t22-,23-,24+,25+,27?,29+,30+,33?/m0/s1. The van der Waals surface area contributed by atoms with Crippen LogP contribution in [-0.4, -0.2) is 129 Å². The van der Waals surface area contributed by atoms with Gasteiger partial charge in [0.25, 0.3) is 0 Å². The van der Waals surface area contributed by atoms with Gasteiger partial charge in [-0.3, -0.25) is 22.7 Å². The van der Waals surface area contributed by atoms with Crippen molar-refractivity contribution < 1.29 is 80.6 Å². The Hall–Kier alpha value is -5.64. The van der Waals surface area contributed by atoms with Crippen LogP contribution in [0.2, 0.25) is 0 Å². The van der Waals surface area contributed by atoms with Crippen molar-refractivity contribution in [3.8, 4) is 0 Å². The van der Waals surface area contributed by atoms with Gasteiger partial charge in [-0.15, -0.1) is 0 Å². The maximum absolute atomic E-state index is 14.0. The van der Waals surface area contributed by atoms with Gasteiger partial charge in [0, 0.05) is 19.2 Å². The Bertz CT molecular complexity index is 2540. The van der Waals surface area contributed by atoms with Crippen molar-refractivity contribution in [1.29, 1.82) is 0 Å². The third-order valence-electron chi connectivity index (χ3n) is 10.0. The lowest BCUT2D eigenvalue weighted by molar-refractivity contribution is -0.159. The third-order valence-corrected chi connectivity index (χ3v) is 11.5. The Morgan fingerprint density at radius 1 is 0.956 bits per heavy atom. The molecular formula is C38H52N10O18P2. The number of phosphoric ester groups is 2. The van der Waals surface area contributed by atoms with Gasteiger partial charge < -0.3 is 65.6 Å². The topological polar surface area (TPSA) is 395 Å². The molecule has 0 spiro atoms. The smallest absolute Gasteiger partial charge is 0.455 e. The van der Waals surface area contributed by atoms with Gasteiger partial charge >= 0.3 is 39.5 Å². The predicted molar refractivity (Wildman–Crippen MR) is 231 cm³/mol. The number of rotatable bonds is 20. The van der Waals surface area contributed by atoms with Gasteiger partial charge in [0.2, 0.25) is 0 Å². The molecule has 2 aliphatic rings. The number of hydrogen-bond donors (Lipinski definition) is 8. The van der Waals surface area contributed by atoms with E-state index in [-0.39, 0.29) is 55.2 Å². The molecular weight excluding hydrogens is 946 g/mol. The fourth-order valence-corrected chi connectivity index (χ4v) is 8.26. The molecule has 0 saturated carbocycles. The zero-order valence-corrected chi connectivity index (χ0v) is 38.5. The molecule has 68 heavy (non-hydrogen) atoms. The second kappa shape index (κ2) is 22.2. The number of esters is 1. The van der Waals surface area contributed by atoms with Crippen LogP contribution in [0.3, 0.4) is 0 Å². The Kier molecular flexibility index (Phi) is 16.9. The average molecular weight is 999 g/mol. The number of anilines is 2. The number of nitrogens with one attached hydrogen (secondary N) is 2. The fraction of sp³-hybridized carbons (Fsp3) is 0.526. The van der Waals surface area contributed by atoms with Gasteiger partial charge in [0.1, 0.15) is 66.6 Å². The van der Waals surface area contributed by atoms with E-state index in [2.05, 4.69) is 35.1 Å². The summed E-state index contributed by atoms with van der Waals surface area (Å²) in [6.07, 6.45) is -8.74. The number of imidazole rings is 1. The SMILES string of the molecule is CC(C)(C)OC(=O)N[C@@H](CCCCNC(=O)OCc1ccccc1)C(=O)O[C@@H]1[C@@H](COP(=O)(O)O[C@H]2CC(n3ccc(N)nc3=O)O[C@@H]2COP(=O)(O)O)OC(n2cnc3c(N)ncnc32)[C@@H]1O. The molecule has 3 aromatic heterocycles. The highest BCUT2D eigenvalue weighted by molar-refractivity contribution is 7.47. The number of fused-ring (bicyclic) bond motifs is 1. The van der Waals surface area contributed by atoms with Crippen LogP contribution in [-0.2, 0) is 57.8 Å². The summed E-state index contributed by atoms with van der Waals surface area (Å²) in [4.78, 5) is 97.4. The van der Waals surface area contributed by atoms with Crippen LogP contribution >= 0.6 is 15.6 Å². The van der Waals surface area contributed by atoms with E-state index in [4.69, 9.17) is 44.2 Å². The van der Waals surface area contributed by atoms with E-state index in [1.165, 1.54) is 23.2 Å². The van der Waals surface area contributed by atoms with E-state index in [0.717, 1.165) is 16.5 Å². The normalized spacial score (nSPS) is 23.1. The van der Waals surface area contributed by atoms with E-state index in [1.807, 2.05) is 6.07 Å². The van der Waals surface area contributed by atoms with Crippen molar-refractivity contribution in [2.75, 3.05) is 31.2 Å². The number of carbonyl (C=O) groups is 3. The van der Waals surface area contributed by atoms with Crippen molar-refractivity contribution in [2.45, 2.75) is 108 Å². The van der Waals surface area contributed by atoms with Crippen LogP contribution < -0.4 is 27.8 Å². The highest BCUT2D eigenvalue weighted by Gasteiger charge is 2.50. The van der Waals surface area contributed by atoms with Gasteiger partial charge in [-0.1, -0.05) is 30.3 Å². The van der Waals surface area contributed by atoms with E-state index < -0.39 is 107 Å². The molecule has 0 aliphatic carbocycles. The number of amides is 2. The lowest BCUT2D eigenvalue weighted by atomic mass is 10.1. The fourth-order valence-electron chi connectivity index (χ4n) is 6.96. The molecule has 2 amide bonds. The minimum Gasteiger partial charge on any atom is -0.455 e. The van der Waals surface area contributed by atoms with Gasteiger partial charge in [-0.25, -0.2) is 43.3 Å². The Morgan fingerprint density at radius 3 is 2.40 bits per heavy atom. The van der Waals surface area contributed by atoms with Crippen molar-refractivity contribution >= 4 is 56.6 Å². The summed E-state index contributed by atoms with van der Waals surface area (Å²) in [6.45, 7) is 3.20. The molecule has 1 aromatic carbocycles. The number of nitrogens with zero attached hydrogens (tertiary/aromatic N) is 6. The van der Waals surface area contributed by atoms with Crippen LogP contribution in [0.1, 0.15) is 64.5 Å². The molecule has 9 atom stereocenters. The van der Waals surface area contributed by atoms with Crippen molar-refractivity contribution in [2.24, 2.45) is 0 Å². The number of nitrogen functional groups attached to an aromatic ring is 2. The maximum Gasteiger partial charge on any atom is 0.472 e. The van der Waals surface area contributed by atoms with Crippen molar-refractivity contribution in [1.82, 2.24) is 39.7 Å². The minimum atomic E-state index is -5.27. The molecule has 2 fully saturated rings. The molecule has 0 bridgehead atoms. The molecule has 10 N–H and O–H groups in total. The second-order valence-corrected chi connectivity index (χ2v) is 19.0. The van der Waals surface area contributed by atoms with Crippen molar-refractivity contribution in [3.63, 3.8) is 0 Å². The van der Waals surface area contributed by atoms with Crippen LogP contribution in [0.4, 0.5) is 21.2 Å². The number of hydrogen-bond acceptors (Lipinski definition) is 21. The summed E-state index contributed by atoms with van der Waals surface area (Å²) in [5.74, 6) is -1.23. The lowest BCUT2D eigenvalue weighted by Gasteiger charge is -2.26. The summed E-state index contributed by atoms with van der Waals surface area (Å²) >= 11 is 0. The quantitative estimate of drug-likeness (QED) is 0.0268. The Balaban J connectivity index is 1.17. The number of phosphoric acid groups is 2.